The molecule has 2 aromatic carbocycles. The number of hydrogen-bond donors (Lipinski definition) is 2. The van der Waals surface area contributed by atoms with Gasteiger partial charge in [-0.15, -0.1) is 0 Å². The van der Waals surface area contributed by atoms with Crippen molar-refractivity contribution in [3.8, 4) is 22.5 Å². The fourth-order valence-electron chi connectivity index (χ4n) is 4.53. The van der Waals surface area contributed by atoms with Gasteiger partial charge in [0.2, 0.25) is 0 Å². The van der Waals surface area contributed by atoms with Crippen LogP contribution in [0.5, 0.6) is 0 Å². The van der Waals surface area contributed by atoms with Crippen molar-refractivity contribution in [1.82, 2.24) is 9.97 Å². The van der Waals surface area contributed by atoms with E-state index in [2.05, 4.69) is 86.5 Å². The zero-order valence-corrected chi connectivity index (χ0v) is 21.2. The number of unbranched alkanes of at least 4 members (excludes halogenated alkanes) is 1. The summed E-state index contributed by atoms with van der Waals surface area (Å²) >= 11 is 4.57. The Bertz CT molecular complexity index is 1130. The number of allylic oxidation sites excluding steroid dienone is 1. The molecule has 5 heteroatoms. The number of hydrogen-bond acceptors (Lipinski definition) is 5. The normalized spacial score (nSPS) is 14.0. The minimum absolute atomic E-state index is 0.163. The van der Waals surface area contributed by atoms with Gasteiger partial charge >= 0.3 is 0 Å². The van der Waals surface area contributed by atoms with Gasteiger partial charge in [0, 0.05) is 35.9 Å². The molecule has 0 fully saturated rings. The van der Waals surface area contributed by atoms with Crippen LogP contribution in [0, 0.1) is 13.8 Å². The Labute approximate surface area is 209 Å². The first-order valence-corrected chi connectivity index (χ1v) is 12.8. The molecular formula is C29H35N3OS. The first kappa shape index (κ1) is 24.3. The highest BCUT2D eigenvalue weighted by Gasteiger charge is 2.23. The number of fused-ring (bicyclic) bond motifs is 1. The van der Waals surface area contributed by atoms with Crippen molar-refractivity contribution >= 4 is 18.4 Å². The Morgan fingerprint density at radius 2 is 1.56 bits per heavy atom. The van der Waals surface area contributed by atoms with E-state index in [0.29, 0.717) is 6.42 Å². The Morgan fingerprint density at radius 3 is 2.15 bits per heavy atom. The van der Waals surface area contributed by atoms with Gasteiger partial charge in [-0.05, 0) is 39.5 Å². The van der Waals surface area contributed by atoms with Crippen LogP contribution in [0.2, 0.25) is 0 Å². The van der Waals surface area contributed by atoms with Crippen LogP contribution in [0.1, 0.15) is 48.9 Å². The van der Waals surface area contributed by atoms with Crippen molar-refractivity contribution in [3.05, 3.63) is 77.7 Å². The second kappa shape index (κ2) is 11.1. The largest absolute Gasteiger partial charge is 0.513 e. The smallest absolute Gasteiger partial charge is 0.151 e. The van der Waals surface area contributed by atoms with Crippen LogP contribution in [-0.2, 0) is 6.42 Å². The average Bonchev–Trinajstić information content (AvgIpc) is 2.82. The first-order chi connectivity index (χ1) is 16.4. The van der Waals surface area contributed by atoms with E-state index < -0.39 is 0 Å². The second-order valence-electron chi connectivity index (χ2n) is 9.43. The zero-order chi connectivity index (χ0) is 24.1. The van der Waals surface area contributed by atoms with Gasteiger partial charge in [0.05, 0.1) is 22.8 Å². The van der Waals surface area contributed by atoms with E-state index in [1.807, 2.05) is 0 Å². The topological polar surface area (TPSA) is 49.2 Å². The summed E-state index contributed by atoms with van der Waals surface area (Å²) in [5.74, 6) is 1.25. The Balaban J connectivity index is 1.61. The van der Waals surface area contributed by atoms with E-state index in [0.717, 1.165) is 79.2 Å². The number of aliphatic hydroxyl groups is 1. The summed E-state index contributed by atoms with van der Waals surface area (Å²) in [6.45, 7) is 9.76. The predicted octanol–water partition coefficient (Wildman–Crippen LogP) is 7.11. The molecule has 1 atom stereocenters. The van der Waals surface area contributed by atoms with Gasteiger partial charge in [-0.2, -0.15) is 12.6 Å². The molecule has 0 spiro atoms. The van der Waals surface area contributed by atoms with Crippen molar-refractivity contribution in [2.24, 2.45) is 0 Å². The molecular weight excluding hydrogens is 438 g/mol. The highest BCUT2D eigenvalue weighted by Crippen LogP contribution is 2.35. The van der Waals surface area contributed by atoms with Gasteiger partial charge in [0.1, 0.15) is 0 Å². The summed E-state index contributed by atoms with van der Waals surface area (Å²) in [5, 5.41) is 9.54. The molecule has 2 heterocycles. The highest BCUT2D eigenvalue weighted by atomic mass is 32.1. The lowest BCUT2D eigenvalue weighted by Crippen LogP contribution is -2.32. The van der Waals surface area contributed by atoms with Crippen LogP contribution in [0.3, 0.4) is 0 Å². The third-order valence-corrected chi connectivity index (χ3v) is 6.87. The molecule has 4 nitrogen and oxygen atoms in total. The quantitative estimate of drug-likeness (QED) is 0.197. The second-order valence-corrected chi connectivity index (χ2v) is 10.2. The number of nitrogens with zero attached hydrogens (tertiary/aromatic N) is 3. The van der Waals surface area contributed by atoms with E-state index in [4.69, 9.17) is 9.97 Å². The molecule has 1 aromatic heterocycles. The lowest BCUT2D eigenvalue weighted by molar-refractivity contribution is 0.386. The van der Waals surface area contributed by atoms with E-state index >= 15 is 0 Å². The molecule has 0 saturated carbocycles. The van der Waals surface area contributed by atoms with Crippen LogP contribution in [-0.4, -0.2) is 33.4 Å². The third-order valence-electron chi connectivity index (χ3n) is 6.42. The number of aromatic nitrogens is 2. The van der Waals surface area contributed by atoms with E-state index in [-0.39, 0.29) is 11.0 Å². The minimum atomic E-state index is 0.163. The maximum Gasteiger partial charge on any atom is 0.151 e. The summed E-state index contributed by atoms with van der Waals surface area (Å²) in [6.07, 6.45) is 5.71. The fourth-order valence-corrected chi connectivity index (χ4v) is 4.92. The molecule has 1 aliphatic rings. The van der Waals surface area contributed by atoms with Crippen LogP contribution in [0.4, 0.5) is 5.82 Å². The summed E-state index contributed by atoms with van der Waals surface area (Å²) < 4.78 is 0. The van der Waals surface area contributed by atoms with E-state index in [1.54, 1.807) is 0 Å². The molecule has 178 valence electrons. The number of rotatable bonds is 9. The summed E-state index contributed by atoms with van der Waals surface area (Å²) in [5.41, 5.74) is 7.70. The lowest BCUT2D eigenvalue weighted by Gasteiger charge is -2.30. The van der Waals surface area contributed by atoms with Gasteiger partial charge in [-0.1, -0.05) is 72.7 Å². The maximum absolute atomic E-state index is 9.38. The van der Waals surface area contributed by atoms with E-state index in [9.17, 15) is 5.11 Å². The van der Waals surface area contributed by atoms with Crippen LogP contribution < -0.4 is 4.90 Å². The minimum Gasteiger partial charge on any atom is -0.513 e. The summed E-state index contributed by atoms with van der Waals surface area (Å²) in [6, 6.07) is 17.2. The number of aliphatic hydroxyl groups excluding tert-OH is 1. The molecule has 0 bridgehead atoms. The zero-order valence-electron chi connectivity index (χ0n) is 20.3. The molecule has 0 radical (unpaired) electrons. The third kappa shape index (κ3) is 6.01. The lowest BCUT2D eigenvalue weighted by atomic mass is 10.0. The van der Waals surface area contributed by atoms with Crippen molar-refractivity contribution in [1.29, 1.82) is 0 Å². The Morgan fingerprint density at radius 1 is 0.971 bits per heavy atom. The molecule has 1 aliphatic heterocycles. The van der Waals surface area contributed by atoms with Crippen LogP contribution >= 0.6 is 12.6 Å². The number of aryl methyl sites for hydroxylation is 3. The van der Waals surface area contributed by atoms with Crippen molar-refractivity contribution in [3.63, 3.8) is 0 Å². The van der Waals surface area contributed by atoms with Crippen molar-refractivity contribution < 1.29 is 5.11 Å². The fraction of sp³-hybridized carbons (Fsp3) is 0.379. The van der Waals surface area contributed by atoms with Gasteiger partial charge in [-0.3, -0.25) is 0 Å². The van der Waals surface area contributed by atoms with Gasteiger partial charge in [0.25, 0.3) is 0 Å². The summed E-state index contributed by atoms with van der Waals surface area (Å²) in [4.78, 5) is 12.9. The van der Waals surface area contributed by atoms with E-state index in [1.165, 1.54) is 11.1 Å². The average molecular weight is 474 g/mol. The predicted molar refractivity (Wildman–Crippen MR) is 146 cm³/mol. The molecule has 34 heavy (non-hydrogen) atoms. The molecule has 0 aliphatic carbocycles. The summed E-state index contributed by atoms with van der Waals surface area (Å²) in [7, 11) is 0. The first-order valence-electron chi connectivity index (χ1n) is 12.3. The molecule has 4 rings (SSSR count). The standard InChI is InChI=1S/C29H35N3OS/c1-20-9-13-23(14-10-20)27-28(24-15-11-21(2)12-16-24)31-29-26(30-27)8-6-18-32(29)17-5-4-7-25(34)19-22(3)33/h9-16,25,33-34H,3-8,17-19H2,1-2H3. The highest BCUT2D eigenvalue weighted by molar-refractivity contribution is 7.80. The molecule has 0 saturated heterocycles. The number of thiol groups is 1. The number of benzene rings is 2. The Hall–Kier alpha value is -2.79. The molecule has 3 aromatic rings. The maximum atomic E-state index is 9.38. The monoisotopic (exact) mass is 473 g/mol. The number of anilines is 1. The molecule has 1 N–H and O–H groups in total. The van der Waals surface area contributed by atoms with Gasteiger partial charge in [-0.25, -0.2) is 9.97 Å². The van der Waals surface area contributed by atoms with Crippen molar-refractivity contribution in [2.75, 3.05) is 18.0 Å². The SMILES string of the molecule is C=C(O)CC(S)CCCCN1CCCc2nc(-c3ccc(C)cc3)c(-c3ccc(C)cc3)nc21. The van der Waals surface area contributed by atoms with Gasteiger partial charge < -0.3 is 10.0 Å². The van der Waals surface area contributed by atoms with Crippen LogP contribution in [0.25, 0.3) is 22.5 Å². The molecule has 1 unspecified atom stereocenters. The molecule has 0 amide bonds. The Kier molecular flexibility index (Phi) is 7.94. The van der Waals surface area contributed by atoms with Crippen LogP contribution in [0.15, 0.2) is 60.9 Å². The van der Waals surface area contributed by atoms with Gasteiger partial charge in [0.15, 0.2) is 5.82 Å². The van der Waals surface area contributed by atoms with Crippen molar-refractivity contribution in [2.45, 2.75) is 57.6 Å².